The molecular weight excluding hydrogens is 247 g/mol. The first-order valence-corrected chi connectivity index (χ1v) is 6.60. The number of hydrogen-bond acceptors (Lipinski definition) is 2. The van der Waals surface area contributed by atoms with Crippen LogP contribution in [0.1, 0.15) is 24.2 Å². The second-order valence-electron chi connectivity index (χ2n) is 4.24. The van der Waals surface area contributed by atoms with E-state index in [0.29, 0.717) is 5.56 Å². The van der Waals surface area contributed by atoms with Crippen molar-refractivity contribution >= 4 is 11.8 Å². The van der Waals surface area contributed by atoms with Gasteiger partial charge in [0.05, 0.1) is 6.10 Å². The topological polar surface area (TPSA) is 20.2 Å². The van der Waals surface area contributed by atoms with Crippen molar-refractivity contribution in [3.8, 4) is 0 Å². The average Bonchev–Trinajstić information content (AvgIpc) is 2.32. The Morgan fingerprint density at radius 3 is 2.39 bits per heavy atom. The van der Waals surface area contributed by atoms with E-state index < -0.39 is 6.10 Å². The first kappa shape index (κ1) is 13.1. The van der Waals surface area contributed by atoms with Crippen LogP contribution < -0.4 is 0 Å². The number of aliphatic hydroxyl groups is 1. The molecule has 0 radical (unpaired) electrons. The van der Waals surface area contributed by atoms with Crippen LogP contribution in [0.4, 0.5) is 4.39 Å². The van der Waals surface area contributed by atoms with E-state index in [4.69, 9.17) is 0 Å². The summed E-state index contributed by atoms with van der Waals surface area (Å²) < 4.78 is 13.7. The summed E-state index contributed by atoms with van der Waals surface area (Å²) in [6.45, 7) is 3.61. The molecule has 94 valence electrons. The zero-order chi connectivity index (χ0) is 13.1. The van der Waals surface area contributed by atoms with E-state index in [0.717, 1.165) is 9.79 Å². The number of hydrogen-bond donors (Lipinski definition) is 1. The van der Waals surface area contributed by atoms with E-state index in [2.05, 4.69) is 0 Å². The first-order valence-electron chi connectivity index (χ1n) is 5.79. The Hall–Kier alpha value is -1.32. The van der Waals surface area contributed by atoms with E-state index in [9.17, 15) is 9.50 Å². The molecule has 0 spiro atoms. The number of benzene rings is 2. The average molecular weight is 262 g/mol. The molecule has 1 N–H and O–H groups in total. The van der Waals surface area contributed by atoms with Crippen molar-refractivity contribution in [2.24, 2.45) is 0 Å². The van der Waals surface area contributed by atoms with Crippen molar-refractivity contribution in [3.63, 3.8) is 0 Å². The minimum Gasteiger partial charge on any atom is -0.389 e. The normalized spacial score (nSPS) is 12.4. The highest BCUT2D eigenvalue weighted by Crippen LogP contribution is 2.34. The Balaban J connectivity index is 2.34. The number of aryl methyl sites for hydroxylation is 1. The maximum absolute atomic E-state index is 13.7. The molecule has 0 aliphatic rings. The van der Waals surface area contributed by atoms with Gasteiger partial charge in [0.15, 0.2) is 0 Å². The van der Waals surface area contributed by atoms with Crippen molar-refractivity contribution in [2.45, 2.75) is 29.7 Å². The van der Waals surface area contributed by atoms with Crippen molar-refractivity contribution in [3.05, 3.63) is 59.4 Å². The van der Waals surface area contributed by atoms with Gasteiger partial charge < -0.3 is 5.11 Å². The van der Waals surface area contributed by atoms with Crippen LogP contribution in [0, 0.1) is 12.7 Å². The molecule has 1 atom stereocenters. The summed E-state index contributed by atoms with van der Waals surface area (Å²) in [4.78, 5) is 1.79. The maximum Gasteiger partial charge on any atom is 0.130 e. The summed E-state index contributed by atoms with van der Waals surface area (Å²) in [7, 11) is 0. The third-order valence-electron chi connectivity index (χ3n) is 2.68. The summed E-state index contributed by atoms with van der Waals surface area (Å²) in [6.07, 6.45) is -0.806. The minimum atomic E-state index is -0.806. The fraction of sp³-hybridized carbons (Fsp3) is 0.200. The van der Waals surface area contributed by atoms with Gasteiger partial charge in [0, 0.05) is 15.4 Å². The molecule has 0 unspecified atom stereocenters. The summed E-state index contributed by atoms with van der Waals surface area (Å²) in [6, 6.07) is 12.9. The number of aliphatic hydroxyl groups excluding tert-OH is 1. The van der Waals surface area contributed by atoms with Crippen LogP contribution in [0.3, 0.4) is 0 Å². The van der Waals surface area contributed by atoms with Gasteiger partial charge in [0.1, 0.15) is 5.82 Å². The Kier molecular flexibility index (Phi) is 4.04. The Labute approximate surface area is 111 Å². The van der Waals surface area contributed by atoms with Gasteiger partial charge in [0.2, 0.25) is 0 Å². The number of halogens is 1. The maximum atomic E-state index is 13.7. The van der Waals surface area contributed by atoms with Crippen molar-refractivity contribution in [2.75, 3.05) is 0 Å². The zero-order valence-corrected chi connectivity index (χ0v) is 11.2. The second kappa shape index (κ2) is 5.55. The molecule has 0 fully saturated rings. The predicted octanol–water partition coefficient (Wildman–Crippen LogP) is 4.34. The van der Waals surface area contributed by atoms with Crippen LogP contribution >= 0.6 is 11.8 Å². The van der Waals surface area contributed by atoms with Crippen LogP contribution in [-0.2, 0) is 0 Å². The lowest BCUT2D eigenvalue weighted by Gasteiger charge is -2.12. The van der Waals surface area contributed by atoms with Crippen LogP contribution in [0.5, 0.6) is 0 Å². The number of rotatable bonds is 3. The standard InChI is InChI=1S/C15H15FOS/c1-10-6-8-12(9-7-10)18-14-5-3-4-13(16)15(14)11(2)17/h3-9,11,17H,1-2H3/t11-/m1/s1. The molecule has 3 heteroatoms. The molecule has 0 amide bonds. The Morgan fingerprint density at radius 1 is 1.11 bits per heavy atom. The molecule has 2 aromatic rings. The molecule has 1 nitrogen and oxygen atoms in total. The molecule has 0 aliphatic heterocycles. The molecule has 0 bridgehead atoms. The van der Waals surface area contributed by atoms with Gasteiger partial charge in [-0.25, -0.2) is 4.39 Å². The van der Waals surface area contributed by atoms with Gasteiger partial charge in [-0.2, -0.15) is 0 Å². The molecule has 18 heavy (non-hydrogen) atoms. The molecule has 0 saturated heterocycles. The molecule has 0 aromatic heterocycles. The van der Waals surface area contributed by atoms with Gasteiger partial charge in [-0.15, -0.1) is 0 Å². The zero-order valence-electron chi connectivity index (χ0n) is 10.4. The summed E-state index contributed by atoms with van der Waals surface area (Å²) in [5, 5.41) is 9.65. The van der Waals surface area contributed by atoms with Gasteiger partial charge in [-0.1, -0.05) is 35.5 Å². The van der Waals surface area contributed by atoms with Crippen LogP contribution in [0.15, 0.2) is 52.3 Å². The Bertz CT molecular complexity index is 535. The third-order valence-corrected chi connectivity index (χ3v) is 3.76. The molecule has 0 aliphatic carbocycles. The van der Waals surface area contributed by atoms with Gasteiger partial charge in [-0.05, 0) is 38.1 Å². The van der Waals surface area contributed by atoms with Crippen LogP contribution in [0.25, 0.3) is 0 Å². The van der Waals surface area contributed by atoms with E-state index in [1.54, 1.807) is 13.0 Å². The first-order chi connectivity index (χ1) is 8.58. The highest BCUT2D eigenvalue weighted by atomic mass is 32.2. The highest BCUT2D eigenvalue weighted by molar-refractivity contribution is 7.99. The highest BCUT2D eigenvalue weighted by Gasteiger charge is 2.14. The van der Waals surface area contributed by atoms with E-state index >= 15 is 0 Å². The van der Waals surface area contributed by atoms with Gasteiger partial charge in [0.25, 0.3) is 0 Å². The fourth-order valence-electron chi connectivity index (χ4n) is 1.74. The SMILES string of the molecule is Cc1ccc(Sc2cccc(F)c2[C@@H](C)O)cc1. The lowest BCUT2D eigenvalue weighted by Crippen LogP contribution is -1.98. The summed E-state index contributed by atoms with van der Waals surface area (Å²) in [5.41, 5.74) is 1.55. The summed E-state index contributed by atoms with van der Waals surface area (Å²) >= 11 is 1.47. The minimum absolute atomic E-state index is 0.359. The van der Waals surface area contributed by atoms with Crippen molar-refractivity contribution in [1.82, 2.24) is 0 Å². The van der Waals surface area contributed by atoms with Crippen molar-refractivity contribution < 1.29 is 9.50 Å². The molecule has 2 aromatic carbocycles. The van der Waals surface area contributed by atoms with Crippen LogP contribution in [-0.4, -0.2) is 5.11 Å². The monoisotopic (exact) mass is 262 g/mol. The predicted molar refractivity (Wildman–Crippen MR) is 72.3 cm³/mol. The van der Waals surface area contributed by atoms with Gasteiger partial charge >= 0.3 is 0 Å². The van der Waals surface area contributed by atoms with E-state index in [-0.39, 0.29) is 5.82 Å². The lowest BCUT2D eigenvalue weighted by atomic mass is 10.1. The second-order valence-corrected chi connectivity index (χ2v) is 5.36. The van der Waals surface area contributed by atoms with E-state index in [1.165, 1.54) is 23.4 Å². The van der Waals surface area contributed by atoms with Crippen LogP contribution in [0.2, 0.25) is 0 Å². The Morgan fingerprint density at radius 2 is 1.78 bits per heavy atom. The molecule has 2 rings (SSSR count). The summed E-state index contributed by atoms with van der Waals surface area (Å²) in [5.74, 6) is -0.359. The smallest absolute Gasteiger partial charge is 0.130 e. The lowest BCUT2D eigenvalue weighted by molar-refractivity contribution is 0.191. The molecule has 0 heterocycles. The quantitative estimate of drug-likeness (QED) is 0.888. The largest absolute Gasteiger partial charge is 0.389 e. The van der Waals surface area contributed by atoms with Gasteiger partial charge in [-0.3, -0.25) is 0 Å². The third kappa shape index (κ3) is 2.92. The molecule has 0 saturated carbocycles. The van der Waals surface area contributed by atoms with Crippen molar-refractivity contribution in [1.29, 1.82) is 0 Å². The van der Waals surface area contributed by atoms with E-state index in [1.807, 2.05) is 37.3 Å². The fourth-order valence-corrected chi connectivity index (χ4v) is 2.80. The molecular formula is C15H15FOS.